The van der Waals surface area contributed by atoms with Crippen LogP contribution in [0.15, 0.2) is 108 Å². The van der Waals surface area contributed by atoms with E-state index in [2.05, 4.69) is 78.0 Å². The summed E-state index contributed by atoms with van der Waals surface area (Å²) in [7, 11) is 0. The summed E-state index contributed by atoms with van der Waals surface area (Å²) in [4.78, 5) is 26.5. The fourth-order valence-corrected chi connectivity index (χ4v) is 17.1. The summed E-state index contributed by atoms with van der Waals surface area (Å²) < 4.78 is 29.2. The molecule has 9 aliphatic rings. The molecule has 0 radical (unpaired) electrons. The second-order valence-electron chi connectivity index (χ2n) is 27.0. The lowest BCUT2D eigenvalue weighted by molar-refractivity contribution is -0.174. The number of allylic oxidation sites excluding steroid dienone is 2. The number of aromatic hydroxyl groups is 3. The van der Waals surface area contributed by atoms with E-state index < -0.39 is 82.8 Å². The molecule has 5 aliphatic heterocycles. The van der Waals surface area contributed by atoms with E-state index in [0.717, 1.165) is 79.0 Å². The number of nitrogens with one attached hydrogen (secondary N) is 5. The molecule has 1 saturated heterocycles. The summed E-state index contributed by atoms with van der Waals surface area (Å²) in [5.41, 5.74) is 8.31. The Morgan fingerprint density at radius 2 is 1.83 bits per heavy atom. The van der Waals surface area contributed by atoms with Gasteiger partial charge in [-0.3, -0.25) is 15.1 Å². The summed E-state index contributed by atoms with van der Waals surface area (Å²) in [5, 5.41) is 76.8. The van der Waals surface area contributed by atoms with Crippen molar-refractivity contribution in [3.8, 4) is 52.4 Å². The van der Waals surface area contributed by atoms with Crippen LogP contribution in [0, 0.1) is 58.2 Å². The molecule has 89 heavy (non-hydrogen) atoms. The lowest BCUT2D eigenvalue weighted by Gasteiger charge is -2.56. The van der Waals surface area contributed by atoms with E-state index in [9.17, 15) is 30.3 Å². The molecule has 0 unspecified atom stereocenters. The second kappa shape index (κ2) is 24.2. The number of nitrogens with zero attached hydrogens (tertiary/aromatic N) is 3. The van der Waals surface area contributed by atoms with E-state index >= 15 is 0 Å². The Morgan fingerprint density at radius 1 is 0.955 bits per heavy atom. The maximum atomic E-state index is 13.6. The van der Waals surface area contributed by atoms with Gasteiger partial charge in [0.2, 0.25) is 5.75 Å². The first kappa shape index (κ1) is 58.8. The number of aliphatic hydroxyl groups excluding tert-OH is 2. The number of ether oxygens (including phenoxy) is 4. The zero-order chi connectivity index (χ0) is 61.0. The molecule has 1 spiro atoms. The summed E-state index contributed by atoms with van der Waals surface area (Å²) in [5.74, 6) is 14.4. The number of guanidine groups is 1. The van der Waals surface area contributed by atoms with Crippen molar-refractivity contribution >= 4 is 22.8 Å². The summed E-state index contributed by atoms with van der Waals surface area (Å²) in [6.07, 6.45) is 20.4. The maximum Gasteiger partial charge on any atom is 0.302 e. The third kappa shape index (κ3) is 11.4. The summed E-state index contributed by atoms with van der Waals surface area (Å²) in [6.45, 7) is 2.23. The number of aliphatic imine (C=N–C) groups is 1. The molecule has 3 aromatic heterocycles. The minimum atomic E-state index is -1.12. The molecular weight excluding hydrogens is 1130 g/mol. The van der Waals surface area contributed by atoms with Crippen LogP contribution in [0.1, 0.15) is 139 Å². The molecule has 4 saturated carbocycles. The van der Waals surface area contributed by atoms with Gasteiger partial charge in [0.1, 0.15) is 24.6 Å². The van der Waals surface area contributed by atoms with E-state index in [1.807, 2.05) is 42.6 Å². The zero-order valence-electron chi connectivity index (χ0n) is 50.5. The standard InChI is InChI=1S/C70H83N9O10/c1-41(80)87-49-34-56(48-32-54(82)63(83)58(33-48)86-29-21-42-8-7-26-72-38-42)89-60(35-49)68-22-4-10-45-9-2-3-12-51(45)75-66(85)62-65(79-39-47-20-28-73-52(47)40-79)77-67(76-59-17-15-46-18-25-69(59,64(46)84)37-44-19-27-74-61(71)31-44)78-70(62)24-6-13-55(50(70)11-5-23-68)88-57-30-43(36-68)14-16-53(57)81/h7-8,14,16,19-20,26,28,30-33,38-40,45-46,49-51,55-56,59-60,62,64-66,73-75,81-85H,2-3,6,9,12-13,15,17-18,21-25,27,29,34-37,71H2,1H3,(H2,76,77,78)/t45-,46+,49+,50-,51+,55+,56+,59+,60-,62-,64-,65+,66+,68+,69-,70+/m1/s1. The largest absolute Gasteiger partial charge is 0.504 e. The van der Waals surface area contributed by atoms with Crippen molar-refractivity contribution in [1.29, 1.82) is 0 Å². The number of aromatic amines is 1. The average Bonchev–Trinajstić information content (AvgIpc) is 1.68. The highest BCUT2D eigenvalue weighted by molar-refractivity contribution is 5.83. The van der Waals surface area contributed by atoms with E-state index in [1.165, 1.54) is 13.0 Å². The number of pyridine rings is 1. The molecule has 8 heterocycles. The van der Waals surface area contributed by atoms with Gasteiger partial charge in [-0.25, -0.2) is 4.99 Å². The molecule has 5 fully saturated rings. The Kier molecular flexibility index (Phi) is 16.0. The van der Waals surface area contributed by atoms with Gasteiger partial charge in [0.25, 0.3) is 0 Å². The fraction of sp³-hybridized carbons (Fsp3) is 0.529. The van der Waals surface area contributed by atoms with Crippen LogP contribution in [-0.4, -0.2) is 113 Å². The molecular formula is C70H83N9O10. The first-order valence-electron chi connectivity index (χ1n) is 32.4. The maximum absolute atomic E-state index is 13.6. The predicted octanol–water partition coefficient (Wildman–Crippen LogP) is 8.05. The van der Waals surface area contributed by atoms with Gasteiger partial charge in [-0.05, 0) is 141 Å². The fourth-order valence-electron chi connectivity index (χ4n) is 17.1. The Balaban J connectivity index is 0.904. The van der Waals surface area contributed by atoms with Crippen LogP contribution in [0.2, 0.25) is 0 Å². The first-order valence-corrected chi connectivity index (χ1v) is 32.4. The molecule has 16 atom stereocenters. The third-order valence-electron chi connectivity index (χ3n) is 21.5. The lowest BCUT2D eigenvalue weighted by atomic mass is 9.62. The van der Waals surface area contributed by atoms with Crippen molar-refractivity contribution < 1.29 is 49.3 Å². The number of aromatic nitrogens is 3. The number of carbonyl (C=O) groups is 1. The molecule has 6 bridgehead atoms. The molecule has 12 N–H and O–H groups in total. The number of hydrogen-bond acceptors (Lipinski definition) is 17. The quantitative estimate of drug-likeness (QED) is 0.0339. The normalized spacial score (nSPS) is 34.7. The number of aliphatic hydroxyl groups is 2. The third-order valence-corrected chi connectivity index (χ3v) is 21.5. The van der Waals surface area contributed by atoms with Crippen molar-refractivity contribution in [2.24, 2.45) is 45.2 Å². The SMILES string of the molecule is CC(=O)O[C@H]1C[C@@H](c2cc(O)c(O)c(OCCc3cccnc3)c2)O[C@@H]([C@]23CC#C[C@@H]4[C@H](CCC[C@]45NC(N[C@H]4CC[C@H]6CC[C@]4(CC4=CCNC(N)=C4)[C@@H]6O)=N[C@@H](n4cc6cc[nH]c6c4)[C@@H]5[C@H](O)N[C@H]4CCCC[C@@H]4C#CC2)Oc2cc(ccc2O)C3)C1. The van der Waals surface area contributed by atoms with Crippen LogP contribution < -0.4 is 36.5 Å². The van der Waals surface area contributed by atoms with Crippen molar-refractivity contribution in [3.63, 3.8) is 0 Å². The first-order chi connectivity index (χ1) is 43.2. The molecule has 14 rings (SSSR count). The van der Waals surface area contributed by atoms with Gasteiger partial charge < -0.3 is 75.7 Å². The van der Waals surface area contributed by atoms with Crippen molar-refractivity contribution in [2.75, 3.05) is 13.2 Å². The van der Waals surface area contributed by atoms with Crippen LogP contribution >= 0.6 is 0 Å². The molecule has 5 aromatic rings. The summed E-state index contributed by atoms with van der Waals surface area (Å²) >= 11 is 0. The van der Waals surface area contributed by atoms with Gasteiger partial charge in [0, 0.05) is 111 Å². The smallest absolute Gasteiger partial charge is 0.302 e. The van der Waals surface area contributed by atoms with Crippen molar-refractivity contribution in [1.82, 2.24) is 35.8 Å². The summed E-state index contributed by atoms with van der Waals surface area (Å²) in [6, 6.07) is 14.2. The van der Waals surface area contributed by atoms with Gasteiger partial charge in [-0.1, -0.05) is 42.9 Å². The number of hydrogen-bond donors (Lipinski definition) is 11. The number of dihydropyridines is 1. The number of H-pyrrole nitrogens is 1. The Labute approximate surface area is 519 Å². The molecule has 4 aliphatic carbocycles. The highest BCUT2D eigenvalue weighted by Crippen LogP contribution is 2.57. The Hall–Kier alpha value is -7.81. The highest BCUT2D eigenvalue weighted by Gasteiger charge is 2.61. The molecule has 19 nitrogen and oxygen atoms in total. The van der Waals surface area contributed by atoms with Gasteiger partial charge in [0.15, 0.2) is 29.0 Å². The molecule has 0 amide bonds. The van der Waals surface area contributed by atoms with E-state index in [0.29, 0.717) is 81.0 Å². The number of carbonyl (C=O) groups excluding carboxylic acids is 1. The minimum Gasteiger partial charge on any atom is -0.504 e. The van der Waals surface area contributed by atoms with Crippen LogP contribution in [0.4, 0.5) is 0 Å². The van der Waals surface area contributed by atoms with E-state index in [-0.39, 0.29) is 60.6 Å². The van der Waals surface area contributed by atoms with Gasteiger partial charge in [-0.15, -0.1) is 11.8 Å². The predicted molar refractivity (Wildman–Crippen MR) is 334 cm³/mol. The van der Waals surface area contributed by atoms with Crippen LogP contribution in [-0.2, 0) is 27.1 Å². The van der Waals surface area contributed by atoms with E-state index in [1.54, 1.807) is 24.5 Å². The lowest BCUT2D eigenvalue weighted by Crippen LogP contribution is -2.73. The van der Waals surface area contributed by atoms with Crippen LogP contribution in [0.25, 0.3) is 10.9 Å². The Morgan fingerprint density at radius 3 is 2.67 bits per heavy atom. The number of benzene rings is 2. The highest BCUT2D eigenvalue weighted by atomic mass is 16.6. The molecule has 2 aromatic carbocycles. The van der Waals surface area contributed by atoms with Gasteiger partial charge >= 0.3 is 5.97 Å². The number of nitrogens with two attached hydrogens (primary N) is 1. The number of phenols is 3. The van der Waals surface area contributed by atoms with Gasteiger partial charge in [-0.2, -0.15) is 0 Å². The van der Waals surface area contributed by atoms with E-state index in [4.69, 9.17) is 29.7 Å². The van der Waals surface area contributed by atoms with Crippen LogP contribution in [0.5, 0.6) is 28.7 Å². The number of phenolic OH excluding ortho intramolecular Hbond substituents is 3. The molecule has 468 valence electrons. The van der Waals surface area contributed by atoms with Crippen LogP contribution in [0.3, 0.4) is 0 Å². The Bertz CT molecular complexity index is 3660. The topological polar surface area (TPSA) is 275 Å². The van der Waals surface area contributed by atoms with Crippen molar-refractivity contribution in [2.45, 2.75) is 183 Å². The number of fused-ring (bicyclic) bond motifs is 8. The number of esters is 1. The van der Waals surface area contributed by atoms with Crippen molar-refractivity contribution in [3.05, 3.63) is 120 Å². The second-order valence-corrected chi connectivity index (χ2v) is 27.0. The molecule has 19 heteroatoms. The van der Waals surface area contributed by atoms with Gasteiger partial charge in [0.05, 0.1) is 53.6 Å². The zero-order valence-corrected chi connectivity index (χ0v) is 50.5. The monoisotopic (exact) mass is 1210 g/mol. The average molecular weight is 1210 g/mol. The minimum absolute atomic E-state index is 0.0169. The number of rotatable bonds is 11.